The van der Waals surface area contributed by atoms with Gasteiger partial charge in [-0.2, -0.15) is 0 Å². The van der Waals surface area contributed by atoms with Crippen molar-refractivity contribution < 1.29 is 4.39 Å². The number of aromatic nitrogens is 2. The van der Waals surface area contributed by atoms with Crippen molar-refractivity contribution in [2.24, 2.45) is 0 Å². The smallest absolute Gasteiger partial charge is 0.148 e. The predicted octanol–water partition coefficient (Wildman–Crippen LogP) is 3.05. The number of hydrogen-bond donors (Lipinski definition) is 1. The molecule has 1 aromatic heterocycles. The van der Waals surface area contributed by atoms with E-state index in [0.29, 0.717) is 5.56 Å². The normalized spacial score (nSPS) is 11.6. The molecule has 4 heteroatoms. The SMILES string of the molecule is CNC(C)(C)c1nccc(-c2ccc(F)c(C)c2)n1. The van der Waals surface area contributed by atoms with Crippen LogP contribution in [0.25, 0.3) is 11.3 Å². The first-order valence-corrected chi connectivity index (χ1v) is 6.23. The molecule has 1 heterocycles. The molecular formula is C15H18FN3. The maximum atomic E-state index is 13.3. The molecule has 0 radical (unpaired) electrons. The molecule has 3 nitrogen and oxygen atoms in total. The van der Waals surface area contributed by atoms with Crippen LogP contribution < -0.4 is 5.32 Å². The van der Waals surface area contributed by atoms with Crippen molar-refractivity contribution >= 4 is 0 Å². The van der Waals surface area contributed by atoms with Gasteiger partial charge in [-0.3, -0.25) is 0 Å². The van der Waals surface area contributed by atoms with E-state index >= 15 is 0 Å². The Balaban J connectivity index is 2.46. The fraction of sp³-hybridized carbons (Fsp3) is 0.333. The number of hydrogen-bond acceptors (Lipinski definition) is 3. The summed E-state index contributed by atoms with van der Waals surface area (Å²) >= 11 is 0. The largest absolute Gasteiger partial charge is 0.308 e. The van der Waals surface area contributed by atoms with Gasteiger partial charge < -0.3 is 5.32 Å². The van der Waals surface area contributed by atoms with Crippen molar-refractivity contribution in [1.29, 1.82) is 0 Å². The van der Waals surface area contributed by atoms with E-state index in [4.69, 9.17) is 0 Å². The lowest BCUT2D eigenvalue weighted by Gasteiger charge is -2.22. The van der Waals surface area contributed by atoms with Crippen molar-refractivity contribution in [2.45, 2.75) is 26.3 Å². The van der Waals surface area contributed by atoms with Crippen LogP contribution >= 0.6 is 0 Å². The third kappa shape index (κ3) is 2.79. The minimum Gasteiger partial charge on any atom is -0.308 e. The first-order valence-electron chi connectivity index (χ1n) is 6.23. The van der Waals surface area contributed by atoms with Gasteiger partial charge in [0.05, 0.1) is 11.2 Å². The van der Waals surface area contributed by atoms with E-state index in [1.54, 1.807) is 25.3 Å². The van der Waals surface area contributed by atoms with Gasteiger partial charge in [0.15, 0.2) is 0 Å². The summed E-state index contributed by atoms with van der Waals surface area (Å²) in [4.78, 5) is 8.86. The highest BCUT2D eigenvalue weighted by atomic mass is 19.1. The average Bonchev–Trinajstić information content (AvgIpc) is 2.42. The minimum absolute atomic E-state index is 0.200. The zero-order valence-electron chi connectivity index (χ0n) is 11.7. The summed E-state index contributed by atoms with van der Waals surface area (Å²) in [5.41, 5.74) is 2.02. The summed E-state index contributed by atoms with van der Waals surface area (Å²) in [7, 11) is 1.87. The zero-order chi connectivity index (χ0) is 14.0. The maximum absolute atomic E-state index is 13.3. The Kier molecular flexibility index (Phi) is 3.62. The van der Waals surface area contributed by atoms with E-state index in [0.717, 1.165) is 17.1 Å². The Morgan fingerprint density at radius 2 is 1.95 bits per heavy atom. The second-order valence-electron chi connectivity index (χ2n) is 5.10. The first-order chi connectivity index (χ1) is 8.94. The van der Waals surface area contributed by atoms with Gasteiger partial charge in [-0.25, -0.2) is 14.4 Å². The molecule has 0 aliphatic rings. The Hall–Kier alpha value is -1.81. The standard InChI is InChI=1S/C15H18FN3/c1-10-9-11(5-6-12(10)16)13-7-8-18-14(19-13)15(2,3)17-4/h5-9,17H,1-4H3. The second-order valence-corrected chi connectivity index (χ2v) is 5.10. The lowest BCUT2D eigenvalue weighted by Crippen LogP contribution is -2.35. The lowest BCUT2D eigenvalue weighted by molar-refractivity contribution is 0.417. The maximum Gasteiger partial charge on any atom is 0.148 e. The quantitative estimate of drug-likeness (QED) is 0.920. The van der Waals surface area contributed by atoms with Gasteiger partial charge in [-0.15, -0.1) is 0 Å². The van der Waals surface area contributed by atoms with Gasteiger partial charge in [0.2, 0.25) is 0 Å². The van der Waals surface area contributed by atoms with Gasteiger partial charge in [-0.1, -0.05) is 0 Å². The summed E-state index contributed by atoms with van der Waals surface area (Å²) in [5, 5.41) is 3.17. The van der Waals surface area contributed by atoms with Crippen LogP contribution in [-0.2, 0) is 5.54 Å². The third-order valence-electron chi connectivity index (χ3n) is 3.29. The Labute approximate surface area is 112 Å². The average molecular weight is 259 g/mol. The highest BCUT2D eigenvalue weighted by Crippen LogP contribution is 2.22. The van der Waals surface area contributed by atoms with Gasteiger partial charge >= 0.3 is 0 Å². The highest BCUT2D eigenvalue weighted by Gasteiger charge is 2.21. The molecule has 0 atom stereocenters. The topological polar surface area (TPSA) is 37.8 Å². The summed E-state index contributed by atoms with van der Waals surface area (Å²) in [6.07, 6.45) is 1.73. The molecule has 2 aromatic rings. The van der Waals surface area contributed by atoms with Gasteiger partial charge in [0, 0.05) is 11.8 Å². The fourth-order valence-corrected chi connectivity index (χ4v) is 1.74. The van der Waals surface area contributed by atoms with Crippen LogP contribution in [0.5, 0.6) is 0 Å². The second kappa shape index (κ2) is 5.05. The van der Waals surface area contributed by atoms with E-state index in [1.807, 2.05) is 27.0 Å². The van der Waals surface area contributed by atoms with E-state index < -0.39 is 0 Å². The van der Waals surface area contributed by atoms with E-state index in [2.05, 4.69) is 15.3 Å². The number of aryl methyl sites for hydroxylation is 1. The molecule has 0 unspecified atom stereocenters. The van der Waals surface area contributed by atoms with Crippen molar-refractivity contribution in [3.63, 3.8) is 0 Å². The van der Waals surface area contributed by atoms with Crippen LogP contribution in [0, 0.1) is 12.7 Å². The number of nitrogens with zero attached hydrogens (tertiary/aromatic N) is 2. The summed E-state index contributed by atoms with van der Waals surface area (Å²) in [6, 6.07) is 6.84. The lowest BCUT2D eigenvalue weighted by atomic mass is 10.0. The Morgan fingerprint density at radius 1 is 1.21 bits per heavy atom. The molecule has 1 N–H and O–H groups in total. The molecule has 0 aliphatic heterocycles. The monoisotopic (exact) mass is 259 g/mol. The summed E-state index contributed by atoms with van der Waals surface area (Å²) in [5.74, 6) is 0.517. The third-order valence-corrected chi connectivity index (χ3v) is 3.29. The molecule has 0 amide bonds. The Bertz CT molecular complexity index is 594. The zero-order valence-corrected chi connectivity index (χ0v) is 11.7. The van der Waals surface area contributed by atoms with Crippen LogP contribution in [-0.4, -0.2) is 17.0 Å². The molecule has 19 heavy (non-hydrogen) atoms. The molecular weight excluding hydrogens is 241 g/mol. The number of rotatable bonds is 3. The number of benzene rings is 1. The van der Waals surface area contributed by atoms with Crippen LogP contribution in [0.3, 0.4) is 0 Å². The molecule has 100 valence electrons. The van der Waals surface area contributed by atoms with Gasteiger partial charge in [0.1, 0.15) is 11.6 Å². The van der Waals surface area contributed by atoms with Crippen LogP contribution in [0.1, 0.15) is 25.2 Å². The molecule has 0 saturated heterocycles. The summed E-state index contributed by atoms with van der Waals surface area (Å²) < 4.78 is 13.3. The van der Waals surface area contributed by atoms with Crippen molar-refractivity contribution in [1.82, 2.24) is 15.3 Å². The molecule has 1 aromatic carbocycles. The van der Waals surface area contributed by atoms with Crippen LogP contribution in [0.15, 0.2) is 30.5 Å². The van der Waals surface area contributed by atoms with Gasteiger partial charge in [-0.05, 0) is 57.6 Å². The number of halogens is 1. The predicted molar refractivity (Wildman–Crippen MR) is 74.2 cm³/mol. The van der Waals surface area contributed by atoms with Crippen molar-refractivity contribution in [2.75, 3.05) is 7.05 Å². The summed E-state index contributed by atoms with van der Waals surface area (Å²) in [6.45, 7) is 5.78. The Morgan fingerprint density at radius 3 is 2.58 bits per heavy atom. The van der Waals surface area contributed by atoms with Crippen LogP contribution in [0.4, 0.5) is 4.39 Å². The molecule has 2 rings (SSSR count). The van der Waals surface area contributed by atoms with Crippen molar-refractivity contribution in [3.05, 3.63) is 47.7 Å². The number of nitrogens with one attached hydrogen (secondary N) is 1. The highest BCUT2D eigenvalue weighted by molar-refractivity contribution is 5.59. The molecule has 0 bridgehead atoms. The first kappa shape index (κ1) is 13.6. The van der Waals surface area contributed by atoms with E-state index in [-0.39, 0.29) is 11.4 Å². The molecule has 0 saturated carbocycles. The van der Waals surface area contributed by atoms with E-state index in [1.165, 1.54) is 6.07 Å². The molecule has 0 spiro atoms. The molecule has 0 fully saturated rings. The fourth-order valence-electron chi connectivity index (χ4n) is 1.74. The minimum atomic E-state index is -0.301. The van der Waals surface area contributed by atoms with Gasteiger partial charge in [0.25, 0.3) is 0 Å². The van der Waals surface area contributed by atoms with Crippen molar-refractivity contribution in [3.8, 4) is 11.3 Å². The van der Waals surface area contributed by atoms with E-state index in [9.17, 15) is 4.39 Å². The molecule has 0 aliphatic carbocycles. The van der Waals surface area contributed by atoms with Crippen LogP contribution in [0.2, 0.25) is 0 Å².